The molecule has 14 heavy (non-hydrogen) atoms. The van der Waals surface area contributed by atoms with E-state index in [-0.39, 0.29) is 0 Å². The molecule has 0 amide bonds. The Labute approximate surface area is 98.6 Å². The molecule has 1 nitrogen and oxygen atoms in total. The van der Waals surface area contributed by atoms with E-state index in [0.717, 1.165) is 4.47 Å². The largest absolute Gasteiger partial charge is 0.326 e. The summed E-state index contributed by atoms with van der Waals surface area (Å²) in [4.78, 5) is 1.30. The van der Waals surface area contributed by atoms with E-state index in [1.165, 1.54) is 16.9 Å². The highest BCUT2D eigenvalue weighted by atomic mass is 79.9. The summed E-state index contributed by atoms with van der Waals surface area (Å²) in [7, 11) is 0. The molecule has 0 aliphatic rings. The van der Waals surface area contributed by atoms with Gasteiger partial charge < -0.3 is 5.73 Å². The van der Waals surface area contributed by atoms with Crippen LogP contribution in [0, 0.1) is 0 Å². The number of nitrogens with two attached hydrogens (primary N) is 1. The van der Waals surface area contributed by atoms with Crippen molar-refractivity contribution in [1.82, 2.24) is 0 Å². The van der Waals surface area contributed by atoms with Crippen molar-refractivity contribution in [3.8, 4) is 0 Å². The Bertz CT molecular complexity index is 301. The molecule has 0 aromatic heterocycles. The number of hydrogen-bond acceptors (Lipinski definition) is 2. The Kier molecular flexibility index (Phi) is 4.99. The van der Waals surface area contributed by atoms with Gasteiger partial charge in [0.05, 0.1) is 0 Å². The van der Waals surface area contributed by atoms with Crippen molar-refractivity contribution < 1.29 is 0 Å². The highest BCUT2D eigenvalue weighted by Crippen LogP contribution is 2.31. The van der Waals surface area contributed by atoms with Crippen molar-refractivity contribution in [2.75, 3.05) is 0 Å². The SMILES string of the molecule is CCC(C)Sc1cccc(Br)c1CN. The van der Waals surface area contributed by atoms with E-state index in [4.69, 9.17) is 5.73 Å². The summed E-state index contributed by atoms with van der Waals surface area (Å²) in [5.74, 6) is 0. The molecule has 0 saturated carbocycles. The van der Waals surface area contributed by atoms with E-state index >= 15 is 0 Å². The second-order valence-electron chi connectivity index (χ2n) is 3.26. The third-order valence-corrected chi connectivity index (χ3v) is 4.30. The first-order valence-corrected chi connectivity index (χ1v) is 6.50. The van der Waals surface area contributed by atoms with E-state index in [2.05, 4.69) is 41.9 Å². The van der Waals surface area contributed by atoms with E-state index in [1.54, 1.807) is 0 Å². The van der Waals surface area contributed by atoms with Gasteiger partial charge in [-0.15, -0.1) is 11.8 Å². The molecule has 0 aliphatic heterocycles. The zero-order valence-corrected chi connectivity index (χ0v) is 11.0. The summed E-state index contributed by atoms with van der Waals surface area (Å²) >= 11 is 5.42. The highest BCUT2D eigenvalue weighted by Gasteiger charge is 2.08. The van der Waals surface area contributed by atoms with E-state index in [0.29, 0.717) is 11.8 Å². The molecule has 3 heteroatoms. The van der Waals surface area contributed by atoms with Crippen LogP contribution in [0.25, 0.3) is 0 Å². The lowest BCUT2D eigenvalue weighted by Crippen LogP contribution is -2.01. The maximum absolute atomic E-state index is 5.73. The maximum atomic E-state index is 5.73. The predicted octanol–water partition coefficient (Wildman–Crippen LogP) is 3.80. The van der Waals surface area contributed by atoms with Crippen LogP contribution < -0.4 is 5.73 Å². The average Bonchev–Trinajstić information content (AvgIpc) is 2.18. The van der Waals surface area contributed by atoms with Gasteiger partial charge >= 0.3 is 0 Å². The molecule has 0 aliphatic carbocycles. The summed E-state index contributed by atoms with van der Waals surface area (Å²) in [6, 6.07) is 6.25. The molecule has 2 N–H and O–H groups in total. The van der Waals surface area contributed by atoms with Crippen molar-refractivity contribution in [3.05, 3.63) is 28.2 Å². The Balaban J connectivity index is 2.90. The summed E-state index contributed by atoms with van der Waals surface area (Å²) in [5.41, 5.74) is 6.95. The monoisotopic (exact) mass is 273 g/mol. The predicted molar refractivity (Wildman–Crippen MR) is 67.6 cm³/mol. The van der Waals surface area contributed by atoms with Crippen LogP contribution in [0.5, 0.6) is 0 Å². The van der Waals surface area contributed by atoms with Gasteiger partial charge in [0.1, 0.15) is 0 Å². The van der Waals surface area contributed by atoms with Gasteiger partial charge in [-0.05, 0) is 24.1 Å². The Morgan fingerprint density at radius 1 is 1.50 bits per heavy atom. The highest BCUT2D eigenvalue weighted by molar-refractivity contribution is 9.10. The van der Waals surface area contributed by atoms with Crippen LogP contribution in [0.1, 0.15) is 25.8 Å². The van der Waals surface area contributed by atoms with Crippen molar-refractivity contribution in [2.24, 2.45) is 5.73 Å². The number of rotatable bonds is 4. The first kappa shape index (κ1) is 12.1. The standard InChI is InChI=1S/C11H16BrNS/c1-3-8(2)14-11-6-4-5-10(12)9(11)7-13/h4-6,8H,3,7,13H2,1-2H3. The minimum Gasteiger partial charge on any atom is -0.326 e. The van der Waals surface area contributed by atoms with Crippen LogP contribution in [0.15, 0.2) is 27.6 Å². The van der Waals surface area contributed by atoms with Gasteiger partial charge in [-0.25, -0.2) is 0 Å². The van der Waals surface area contributed by atoms with Crippen molar-refractivity contribution in [1.29, 1.82) is 0 Å². The summed E-state index contributed by atoms with van der Waals surface area (Å²) < 4.78 is 1.12. The van der Waals surface area contributed by atoms with Gasteiger partial charge in [0.2, 0.25) is 0 Å². The summed E-state index contributed by atoms with van der Waals surface area (Å²) in [6.07, 6.45) is 1.18. The summed E-state index contributed by atoms with van der Waals surface area (Å²) in [6.45, 7) is 5.05. The minimum atomic E-state index is 0.597. The molecule has 0 saturated heterocycles. The molecule has 1 unspecified atom stereocenters. The second-order valence-corrected chi connectivity index (χ2v) is 5.59. The fourth-order valence-corrected chi connectivity index (χ4v) is 2.90. The van der Waals surface area contributed by atoms with E-state index < -0.39 is 0 Å². The number of hydrogen-bond donors (Lipinski definition) is 1. The van der Waals surface area contributed by atoms with E-state index in [9.17, 15) is 0 Å². The molecule has 0 bridgehead atoms. The van der Waals surface area contributed by atoms with Crippen molar-refractivity contribution in [2.45, 2.75) is 37.0 Å². The first-order chi connectivity index (χ1) is 6.69. The zero-order chi connectivity index (χ0) is 10.6. The molecule has 1 aromatic carbocycles. The normalized spacial score (nSPS) is 12.9. The molecule has 78 valence electrons. The third kappa shape index (κ3) is 3.01. The van der Waals surface area contributed by atoms with Gasteiger partial charge in [0, 0.05) is 21.2 Å². The fraction of sp³-hybridized carbons (Fsp3) is 0.455. The van der Waals surface area contributed by atoms with Crippen LogP contribution in [-0.4, -0.2) is 5.25 Å². The molecule has 1 atom stereocenters. The van der Waals surface area contributed by atoms with Crippen molar-refractivity contribution in [3.63, 3.8) is 0 Å². The lowest BCUT2D eigenvalue weighted by molar-refractivity contribution is 0.902. The van der Waals surface area contributed by atoms with Gasteiger partial charge in [0.25, 0.3) is 0 Å². The van der Waals surface area contributed by atoms with Crippen LogP contribution in [-0.2, 0) is 6.54 Å². The number of benzene rings is 1. The lowest BCUT2D eigenvalue weighted by atomic mass is 10.2. The third-order valence-electron chi connectivity index (χ3n) is 2.18. The summed E-state index contributed by atoms with van der Waals surface area (Å²) in [5, 5.41) is 0.648. The molecule has 0 heterocycles. The molecule has 0 fully saturated rings. The van der Waals surface area contributed by atoms with Gasteiger partial charge in [0.15, 0.2) is 0 Å². The smallest absolute Gasteiger partial charge is 0.0231 e. The van der Waals surface area contributed by atoms with Gasteiger partial charge in [-0.2, -0.15) is 0 Å². The first-order valence-electron chi connectivity index (χ1n) is 4.83. The fourth-order valence-electron chi connectivity index (χ4n) is 1.15. The molecule has 1 aromatic rings. The molecule has 0 radical (unpaired) electrons. The molecular formula is C11H16BrNS. The number of thioether (sulfide) groups is 1. The van der Waals surface area contributed by atoms with Crippen LogP contribution in [0.3, 0.4) is 0 Å². The Hall–Kier alpha value is 0.01000. The number of halogens is 1. The van der Waals surface area contributed by atoms with Crippen molar-refractivity contribution >= 4 is 27.7 Å². The van der Waals surface area contributed by atoms with Gasteiger partial charge in [-0.3, -0.25) is 0 Å². The molecular weight excluding hydrogens is 258 g/mol. The van der Waals surface area contributed by atoms with Crippen LogP contribution in [0.2, 0.25) is 0 Å². The second kappa shape index (κ2) is 5.79. The average molecular weight is 274 g/mol. The lowest BCUT2D eigenvalue weighted by Gasteiger charge is -2.12. The Morgan fingerprint density at radius 3 is 2.79 bits per heavy atom. The topological polar surface area (TPSA) is 26.0 Å². The van der Waals surface area contributed by atoms with Gasteiger partial charge in [-0.1, -0.05) is 35.8 Å². The van der Waals surface area contributed by atoms with Crippen LogP contribution >= 0.6 is 27.7 Å². The Morgan fingerprint density at radius 2 is 2.21 bits per heavy atom. The molecule has 0 spiro atoms. The minimum absolute atomic E-state index is 0.597. The quantitative estimate of drug-likeness (QED) is 0.845. The molecule has 1 rings (SSSR count). The van der Waals surface area contributed by atoms with Crippen LogP contribution in [0.4, 0.5) is 0 Å². The zero-order valence-electron chi connectivity index (χ0n) is 8.59. The van der Waals surface area contributed by atoms with E-state index in [1.807, 2.05) is 17.8 Å². The maximum Gasteiger partial charge on any atom is 0.0231 e.